The highest BCUT2D eigenvalue weighted by Crippen LogP contribution is 2.29. The van der Waals surface area contributed by atoms with E-state index in [4.69, 9.17) is 5.11 Å². The molecule has 16 heavy (non-hydrogen) atoms. The molecule has 2 atom stereocenters. The standard InChI is InChI=1S/C13H17NO2/c1-8-4-3-5-10(9(8)2)11-6-7-12(14-11)13(15)16/h3-5,11-12,14H,6-7H2,1-2H3,(H,15,16). The molecule has 1 heterocycles. The first-order chi connectivity index (χ1) is 7.59. The van der Waals surface area contributed by atoms with Crippen molar-refractivity contribution in [2.24, 2.45) is 0 Å². The third-order valence-electron chi connectivity index (χ3n) is 3.47. The first-order valence-corrected chi connectivity index (χ1v) is 5.64. The fourth-order valence-electron chi connectivity index (χ4n) is 2.33. The van der Waals surface area contributed by atoms with Crippen molar-refractivity contribution in [3.63, 3.8) is 0 Å². The second-order valence-electron chi connectivity index (χ2n) is 4.48. The highest BCUT2D eigenvalue weighted by Gasteiger charge is 2.30. The summed E-state index contributed by atoms with van der Waals surface area (Å²) in [4.78, 5) is 10.9. The van der Waals surface area contributed by atoms with E-state index in [1.54, 1.807) is 0 Å². The zero-order valence-corrected chi connectivity index (χ0v) is 9.66. The van der Waals surface area contributed by atoms with E-state index < -0.39 is 5.97 Å². The molecule has 0 spiro atoms. The molecule has 1 fully saturated rings. The molecular formula is C13H17NO2. The fourth-order valence-corrected chi connectivity index (χ4v) is 2.33. The Kier molecular flexibility index (Phi) is 2.97. The van der Waals surface area contributed by atoms with Crippen LogP contribution in [-0.4, -0.2) is 17.1 Å². The van der Waals surface area contributed by atoms with Crippen molar-refractivity contribution >= 4 is 5.97 Å². The molecule has 1 saturated heterocycles. The third-order valence-corrected chi connectivity index (χ3v) is 3.47. The van der Waals surface area contributed by atoms with Crippen LogP contribution in [-0.2, 0) is 4.79 Å². The van der Waals surface area contributed by atoms with Crippen LogP contribution in [0.2, 0.25) is 0 Å². The van der Waals surface area contributed by atoms with Gasteiger partial charge in [-0.05, 0) is 43.4 Å². The van der Waals surface area contributed by atoms with Crippen molar-refractivity contribution < 1.29 is 9.90 Å². The van der Waals surface area contributed by atoms with E-state index >= 15 is 0 Å². The Morgan fingerprint density at radius 3 is 2.75 bits per heavy atom. The van der Waals surface area contributed by atoms with Crippen LogP contribution >= 0.6 is 0 Å². The Bertz CT molecular complexity index is 414. The summed E-state index contributed by atoms with van der Waals surface area (Å²) in [5, 5.41) is 12.1. The van der Waals surface area contributed by atoms with E-state index in [9.17, 15) is 4.79 Å². The number of nitrogens with one attached hydrogen (secondary N) is 1. The van der Waals surface area contributed by atoms with Crippen molar-refractivity contribution in [1.29, 1.82) is 0 Å². The topological polar surface area (TPSA) is 49.3 Å². The van der Waals surface area contributed by atoms with Crippen molar-refractivity contribution in [3.05, 3.63) is 34.9 Å². The van der Waals surface area contributed by atoms with Crippen LogP contribution in [0.15, 0.2) is 18.2 Å². The molecule has 3 nitrogen and oxygen atoms in total. The van der Waals surface area contributed by atoms with E-state index in [0.717, 1.165) is 6.42 Å². The molecule has 2 N–H and O–H groups in total. The Labute approximate surface area is 95.5 Å². The number of hydrogen-bond acceptors (Lipinski definition) is 2. The van der Waals surface area contributed by atoms with E-state index in [2.05, 4.69) is 31.3 Å². The van der Waals surface area contributed by atoms with Crippen LogP contribution in [0.4, 0.5) is 0 Å². The highest BCUT2D eigenvalue weighted by molar-refractivity contribution is 5.74. The van der Waals surface area contributed by atoms with Crippen molar-refractivity contribution in [2.75, 3.05) is 0 Å². The van der Waals surface area contributed by atoms with Crippen molar-refractivity contribution in [1.82, 2.24) is 5.32 Å². The minimum Gasteiger partial charge on any atom is -0.480 e. The van der Waals surface area contributed by atoms with Gasteiger partial charge in [-0.25, -0.2) is 0 Å². The van der Waals surface area contributed by atoms with Gasteiger partial charge >= 0.3 is 5.97 Å². The zero-order valence-electron chi connectivity index (χ0n) is 9.66. The smallest absolute Gasteiger partial charge is 0.320 e. The van der Waals surface area contributed by atoms with Gasteiger partial charge in [0.15, 0.2) is 0 Å². The normalized spacial score (nSPS) is 24.6. The minimum absolute atomic E-state index is 0.195. The molecule has 0 aromatic heterocycles. The summed E-state index contributed by atoms with van der Waals surface area (Å²) in [7, 11) is 0. The second-order valence-corrected chi connectivity index (χ2v) is 4.48. The molecule has 2 rings (SSSR count). The molecule has 0 amide bonds. The highest BCUT2D eigenvalue weighted by atomic mass is 16.4. The lowest BCUT2D eigenvalue weighted by atomic mass is 9.97. The molecule has 1 aromatic rings. The SMILES string of the molecule is Cc1cccc(C2CCC(C(=O)O)N2)c1C. The summed E-state index contributed by atoms with van der Waals surface area (Å²) >= 11 is 0. The van der Waals surface area contributed by atoms with Gasteiger partial charge in [-0.1, -0.05) is 18.2 Å². The number of aliphatic carboxylic acids is 1. The Morgan fingerprint density at radius 1 is 1.38 bits per heavy atom. The van der Waals surface area contributed by atoms with Crippen LogP contribution in [0.3, 0.4) is 0 Å². The molecule has 0 bridgehead atoms. The Balaban J connectivity index is 2.21. The average molecular weight is 219 g/mol. The van der Waals surface area contributed by atoms with Gasteiger partial charge in [0.2, 0.25) is 0 Å². The predicted molar refractivity (Wildman–Crippen MR) is 62.5 cm³/mol. The van der Waals surface area contributed by atoms with E-state index in [1.807, 2.05) is 6.07 Å². The van der Waals surface area contributed by atoms with Crippen LogP contribution in [0.25, 0.3) is 0 Å². The molecule has 2 unspecified atom stereocenters. The number of carboxylic acid groups (broad SMARTS) is 1. The summed E-state index contributed by atoms with van der Waals surface area (Å²) in [6, 6.07) is 6.02. The van der Waals surface area contributed by atoms with E-state index in [0.29, 0.717) is 6.42 Å². The van der Waals surface area contributed by atoms with Crippen LogP contribution in [0.5, 0.6) is 0 Å². The number of aryl methyl sites for hydroxylation is 1. The van der Waals surface area contributed by atoms with Crippen molar-refractivity contribution in [3.8, 4) is 0 Å². The van der Waals surface area contributed by atoms with Gasteiger partial charge in [-0.2, -0.15) is 0 Å². The number of carboxylic acids is 1. The quantitative estimate of drug-likeness (QED) is 0.801. The zero-order chi connectivity index (χ0) is 11.7. The Morgan fingerprint density at radius 2 is 2.12 bits per heavy atom. The molecule has 3 heteroatoms. The van der Waals surface area contributed by atoms with Gasteiger partial charge in [0, 0.05) is 6.04 Å². The lowest BCUT2D eigenvalue weighted by molar-refractivity contribution is -0.139. The molecular weight excluding hydrogens is 202 g/mol. The largest absolute Gasteiger partial charge is 0.480 e. The summed E-state index contributed by atoms with van der Waals surface area (Å²) in [6.45, 7) is 4.18. The van der Waals surface area contributed by atoms with Gasteiger partial charge in [-0.3, -0.25) is 10.1 Å². The summed E-state index contributed by atoms with van der Waals surface area (Å²) < 4.78 is 0. The van der Waals surface area contributed by atoms with Crippen LogP contribution in [0.1, 0.15) is 35.6 Å². The van der Waals surface area contributed by atoms with E-state index in [-0.39, 0.29) is 12.1 Å². The van der Waals surface area contributed by atoms with Gasteiger partial charge in [0.05, 0.1) is 0 Å². The minimum atomic E-state index is -0.743. The third kappa shape index (κ3) is 1.95. The Hall–Kier alpha value is -1.35. The maximum Gasteiger partial charge on any atom is 0.320 e. The summed E-state index contributed by atoms with van der Waals surface area (Å²) in [5.41, 5.74) is 3.77. The molecule has 1 aromatic carbocycles. The van der Waals surface area contributed by atoms with Crippen molar-refractivity contribution in [2.45, 2.75) is 38.8 Å². The molecule has 1 aliphatic heterocycles. The average Bonchev–Trinajstić information content (AvgIpc) is 2.71. The maximum absolute atomic E-state index is 10.9. The lowest BCUT2D eigenvalue weighted by Gasteiger charge is -2.16. The number of benzene rings is 1. The van der Waals surface area contributed by atoms with Gasteiger partial charge < -0.3 is 5.11 Å². The summed E-state index contributed by atoms with van der Waals surface area (Å²) in [5.74, 6) is -0.743. The molecule has 0 radical (unpaired) electrons. The number of hydrogen-bond donors (Lipinski definition) is 2. The molecule has 1 aliphatic rings. The first-order valence-electron chi connectivity index (χ1n) is 5.64. The number of carbonyl (C=O) groups is 1. The molecule has 0 aliphatic carbocycles. The fraction of sp³-hybridized carbons (Fsp3) is 0.462. The summed E-state index contributed by atoms with van der Waals surface area (Å²) in [6.07, 6.45) is 1.62. The second kappa shape index (κ2) is 4.26. The maximum atomic E-state index is 10.9. The predicted octanol–water partition coefficient (Wildman–Crippen LogP) is 2.18. The lowest BCUT2D eigenvalue weighted by Crippen LogP contribution is -2.32. The van der Waals surface area contributed by atoms with Gasteiger partial charge in [0.25, 0.3) is 0 Å². The monoisotopic (exact) mass is 219 g/mol. The molecule has 86 valence electrons. The van der Waals surface area contributed by atoms with Crippen LogP contribution < -0.4 is 5.32 Å². The molecule has 0 saturated carbocycles. The first kappa shape index (κ1) is 11.1. The van der Waals surface area contributed by atoms with Gasteiger partial charge in [0.1, 0.15) is 6.04 Å². The van der Waals surface area contributed by atoms with E-state index in [1.165, 1.54) is 16.7 Å². The van der Waals surface area contributed by atoms with Gasteiger partial charge in [-0.15, -0.1) is 0 Å². The number of rotatable bonds is 2. The van der Waals surface area contributed by atoms with Crippen LogP contribution in [0, 0.1) is 13.8 Å².